The predicted octanol–water partition coefficient (Wildman–Crippen LogP) is -0.124. The molecule has 7 heteroatoms. The van der Waals surface area contributed by atoms with Crippen LogP contribution in [-0.4, -0.2) is 40.0 Å². The third-order valence-electron chi connectivity index (χ3n) is 3.04. The number of piperidine rings is 1. The molecule has 0 spiro atoms. The molecule has 1 amide bonds. The molecule has 96 valence electrons. The lowest BCUT2D eigenvalue weighted by Gasteiger charge is -2.32. The largest absolute Gasteiger partial charge is 0.477 e. The molecule has 1 aliphatic heterocycles. The highest BCUT2D eigenvalue weighted by atomic mass is 16.4. The van der Waals surface area contributed by atoms with Crippen LogP contribution >= 0.6 is 0 Å². The Labute approximate surface area is 104 Å². The number of carboxylic acid groups (broad SMARTS) is 1. The molecular formula is C11H14N4O3. The van der Waals surface area contributed by atoms with E-state index in [-0.39, 0.29) is 17.4 Å². The van der Waals surface area contributed by atoms with Crippen LogP contribution in [0, 0.1) is 5.92 Å². The van der Waals surface area contributed by atoms with Crippen molar-refractivity contribution in [2.75, 3.05) is 18.0 Å². The van der Waals surface area contributed by atoms with Crippen molar-refractivity contribution < 1.29 is 14.7 Å². The molecule has 3 N–H and O–H groups in total. The van der Waals surface area contributed by atoms with Crippen molar-refractivity contribution in [1.82, 2.24) is 9.97 Å². The summed E-state index contributed by atoms with van der Waals surface area (Å²) in [5.41, 5.74) is 5.33. The fourth-order valence-electron chi connectivity index (χ4n) is 2.13. The van der Waals surface area contributed by atoms with Gasteiger partial charge in [0.1, 0.15) is 17.7 Å². The fraction of sp³-hybridized carbons (Fsp3) is 0.455. The van der Waals surface area contributed by atoms with Crippen LogP contribution in [0.4, 0.5) is 5.82 Å². The van der Waals surface area contributed by atoms with E-state index < -0.39 is 5.97 Å². The van der Waals surface area contributed by atoms with E-state index in [9.17, 15) is 9.59 Å². The van der Waals surface area contributed by atoms with Gasteiger partial charge in [0, 0.05) is 19.3 Å². The van der Waals surface area contributed by atoms with Crippen LogP contribution < -0.4 is 10.6 Å². The van der Waals surface area contributed by atoms with Gasteiger partial charge in [0.05, 0.1) is 5.92 Å². The quantitative estimate of drug-likeness (QED) is 0.773. The minimum atomic E-state index is -1.08. The monoisotopic (exact) mass is 250 g/mol. The minimum Gasteiger partial charge on any atom is -0.477 e. The Balaban J connectivity index is 2.26. The first-order valence-corrected chi connectivity index (χ1v) is 5.67. The van der Waals surface area contributed by atoms with Gasteiger partial charge in [-0.05, 0) is 12.8 Å². The molecule has 18 heavy (non-hydrogen) atoms. The number of aromatic nitrogens is 2. The zero-order valence-corrected chi connectivity index (χ0v) is 9.74. The summed E-state index contributed by atoms with van der Waals surface area (Å²) in [7, 11) is 0. The van der Waals surface area contributed by atoms with Crippen molar-refractivity contribution in [1.29, 1.82) is 0 Å². The fourth-order valence-corrected chi connectivity index (χ4v) is 2.13. The van der Waals surface area contributed by atoms with Crippen molar-refractivity contribution in [2.24, 2.45) is 11.7 Å². The second kappa shape index (κ2) is 4.99. The summed E-state index contributed by atoms with van der Waals surface area (Å²) < 4.78 is 0. The summed E-state index contributed by atoms with van der Waals surface area (Å²) in [4.78, 5) is 31.8. The van der Waals surface area contributed by atoms with E-state index in [0.29, 0.717) is 18.9 Å². The molecule has 2 heterocycles. The topological polar surface area (TPSA) is 109 Å². The zero-order valence-electron chi connectivity index (χ0n) is 9.74. The Bertz CT molecular complexity index is 477. The number of hydrogen-bond acceptors (Lipinski definition) is 5. The highest BCUT2D eigenvalue weighted by Gasteiger charge is 2.27. The van der Waals surface area contributed by atoms with Crippen molar-refractivity contribution in [3.63, 3.8) is 0 Å². The maximum absolute atomic E-state index is 11.2. The third kappa shape index (κ3) is 2.39. The van der Waals surface area contributed by atoms with Gasteiger partial charge in [0.2, 0.25) is 5.91 Å². The number of amides is 1. The van der Waals surface area contributed by atoms with E-state index in [0.717, 1.165) is 12.8 Å². The lowest BCUT2D eigenvalue weighted by atomic mass is 9.97. The molecule has 0 aromatic carbocycles. The number of aromatic carboxylic acids is 1. The number of nitrogens with zero attached hydrogens (tertiary/aromatic N) is 3. The number of rotatable bonds is 3. The first-order valence-electron chi connectivity index (χ1n) is 5.67. The molecule has 1 unspecified atom stereocenters. The van der Waals surface area contributed by atoms with Gasteiger partial charge < -0.3 is 15.7 Å². The second-order valence-corrected chi connectivity index (χ2v) is 4.25. The maximum atomic E-state index is 11.2. The number of carbonyl (C=O) groups excluding carboxylic acids is 1. The Morgan fingerprint density at radius 1 is 1.50 bits per heavy atom. The highest BCUT2D eigenvalue weighted by molar-refractivity contribution is 5.93. The van der Waals surface area contributed by atoms with Crippen LogP contribution in [0.5, 0.6) is 0 Å². The van der Waals surface area contributed by atoms with Crippen LogP contribution in [-0.2, 0) is 4.79 Å². The van der Waals surface area contributed by atoms with E-state index in [4.69, 9.17) is 10.8 Å². The third-order valence-corrected chi connectivity index (χ3v) is 3.04. The molecule has 1 aromatic rings. The molecule has 1 fully saturated rings. The molecule has 1 aliphatic rings. The van der Waals surface area contributed by atoms with Crippen molar-refractivity contribution in [2.45, 2.75) is 12.8 Å². The van der Waals surface area contributed by atoms with E-state index in [2.05, 4.69) is 9.97 Å². The molecule has 1 aromatic heterocycles. The summed E-state index contributed by atoms with van der Waals surface area (Å²) in [5, 5.41) is 9.07. The van der Waals surface area contributed by atoms with E-state index in [1.807, 2.05) is 0 Å². The molecule has 0 bridgehead atoms. The van der Waals surface area contributed by atoms with Crippen molar-refractivity contribution in [3.05, 3.63) is 18.1 Å². The maximum Gasteiger partial charge on any atom is 0.341 e. The Kier molecular flexibility index (Phi) is 3.40. The van der Waals surface area contributed by atoms with Gasteiger partial charge in [-0.3, -0.25) is 4.79 Å². The van der Waals surface area contributed by atoms with Gasteiger partial charge in [-0.15, -0.1) is 0 Å². The molecular weight excluding hydrogens is 236 g/mol. The summed E-state index contributed by atoms with van der Waals surface area (Å²) in [5.74, 6) is -1.34. The number of anilines is 1. The zero-order chi connectivity index (χ0) is 13.1. The van der Waals surface area contributed by atoms with Crippen LogP contribution in [0.1, 0.15) is 23.2 Å². The summed E-state index contributed by atoms with van der Waals surface area (Å²) in [6.07, 6.45) is 4.09. The van der Waals surface area contributed by atoms with E-state index >= 15 is 0 Å². The van der Waals surface area contributed by atoms with Crippen molar-refractivity contribution in [3.8, 4) is 0 Å². The van der Waals surface area contributed by atoms with Crippen molar-refractivity contribution >= 4 is 17.7 Å². The van der Waals surface area contributed by atoms with Crippen LogP contribution in [0.3, 0.4) is 0 Å². The SMILES string of the molecule is NC(=O)C1CCCN(c2ncncc2C(=O)O)C1. The smallest absolute Gasteiger partial charge is 0.341 e. The van der Waals surface area contributed by atoms with Gasteiger partial charge >= 0.3 is 5.97 Å². The Morgan fingerprint density at radius 2 is 2.28 bits per heavy atom. The number of carbonyl (C=O) groups is 2. The van der Waals surface area contributed by atoms with Gasteiger partial charge in [-0.2, -0.15) is 0 Å². The number of primary amides is 1. The molecule has 1 atom stereocenters. The standard InChI is InChI=1S/C11H14N4O3/c12-9(16)7-2-1-3-15(5-7)10-8(11(17)18)4-13-6-14-10/h4,6-7H,1-3,5H2,(H2,12,16)(H,17,18). The number of nitrogens with two attached hydrogens (primary N) is 1. The summed E-state index contributed by atoms with van der Waals surface area (Å²) in [6, 6.07) is 0. The second-order valence-electron chi connectivity index (χ2n) is 4.25. The van der Waals surface area contributed by atoms with E-state index in [1.54, 1.807) is 4.90 Å². The van der Waals surface area contributed by atoms with E-state index in [1.165, 1.54) is 12.5 Å². The average Bonchev–Trinajstić information content (AvgIpc) is 2.39. The molecule has 7 nitrogen and oxygen atoms in total. The predicted molar refractivity (Wildman–Crippen MR) is 63.1 cm³/mol. The molecule has 0 aliphatic carbocycles. The average molecular weight is 250 g/mol. The molecule has 0 radical (unpaired) electrons. The first kappa shape index (κ1) is 12.3. The van der Waals surface area contributed by atoms with Gasteiger partial charge in [0.15, 0.2) is 0 Å². The molecule has 0 saturated carbocycles. The number of carboxylic acids is 1. The minimum absolute atomic E-state index is 0.0441. The highest BCUT2D eigenvalue weighted by Crippen LogP contribution is 2.23. The number of hydrogen-bond donors (Lipinski definition) is 2. The lowest BCUT2D eigenvalue weighted by molar-refractivity contribution is -0.122. The van der Waals surface area contributed by atoms with Crippen LogP contribution in [0.25, 0.3) is 0 Å². The first-order chi connectivity index (χ1) is 8.59. The Morgan fingerprint density at radius 3 is 2.94 bits per heavy atom. The van der Waals surface area contributed by atoms with Gasteiger partial charge in [-0.25, -0.2) is 14.8 Å². The molecule has 1 saturated heterocycles. The van der Waals surface area contributed by atoms with Gasteiger partial charge in [-0.1, -0.05) is 0 Å². The van der Waals surface area contributed by atoms with Crippen LogP contribution in [0.2, 0.25) is 0 Å². The summed E-state index contributed by atoms with van der Waals surface area (Å²) >= 11 is 0. The van der Waals surface area contributed by atoms with Crippen LogP contribution in [0.15, 0.2) is 12.5 Å². The normalized spacial score (nSPS) is 19.6. The lowest BCUT2D eigenvalue weighted by Crippen LogP contribution is -2.42. The van der Waals surface area contributed by atoms with Gasteiger partial charge in [0.25, 0.3) is 0 Å². The Hall–Kier alpha value is -2.18. The molecule has 2 rings (SSSR count). The summed E-state index contributed by atoms with van der Waals surface area (Å²) in [6.45, 7) is 1.08.